The molecule has 0 aromatic rings. The van der Waals surface area contributed by atoms with Gasteiger partial charge in [-0.05, 0) is 19.9 Å². The molecule has 0 aromatic carbocycles. The molecule has 82 valence electrons. The largest absolute Gasteiger partial charge is 0.385 e. The molecule has 0 bridgehead atoms. The van der Waals surface area contributed by atoms with Gasteiger partial charge < -0.3 is 15.0 Å². The Bertz CT molecular complexity index is 185. The van der Waals surface area contributed by atoms with Gasteiger partial charge in [0.1, 0.15) is 0 Å². The molecule has 1 saturated heterocycles. The number of methoxy groups -OCH3 is 1. The molecule has 4 nitrogen and oxygen atoms in total. The van der Waals surface area contributed by atoms with Gasteiger partial charge in [0.2, 0.25) is 5.91 Å². The molecule has 1 atom stereocenters. The molecule has 1 aliphatic heterocycles. The normalized spacial score (nSPS) is 21.6. The van der Waals surface area contributed by atoms with Crippen molar-refractivity contribution in [2.24, 2.45) is 0 Å². The van der Waals surface area contributed by atoms with Crippen LogP contribution in [0.3, 0.4) is 0 Å². The van der Waals surface area contributed by atoms with Crippen molar-refractivity contribution in [2.75, 3.05) is 33.9 Å². The first-order valence-electron chi connectivity index (χ1n) is 5.22. The maximum absolute atomic E-state index is 11.6. The second-order valence-corrected chi connectivity index (χ2v) is 3.71. The van der Waals surface area contributed by atoms with E-state index in [-0.39, 0.29) is 5.91 Å². The molecule has 4 heteroatoms. The molecule has 0 aliphatic carbocycles. The first-order valence-corrected chi connectivity index (χ1v) is 5.22. The Morgan fingerprint density at radius 2 is 2.43 bits per heavy atom. The summed E-state index contributed by atoms with van der Waals surface area (Å²) in [6, 6.07) is 0.487. The Balaban J connectivity index is 2.18. The van der Waals surface area contributed by atoms with Crippen molar-refractivity contribution in [3.8, 4) is 0 Å². The highest BCUT2D eigenvalue weighted by atomic mass is 16.5. The SMILES string of the molecule is CNC1CCN(C(=O)CCCOC)C1. The highest BCUT2D eigenvalue weighted by Gasteiger charge is 2.24. The summed E-state index contributed by atoms with van der Waals surface area (Å²) >= 11 is 0. The van der Waals surface area contributed by atoms with Crippen LogP contribution in [0.25, 0.3) is 0 Å². The van der Waals surface area contributed by atoms with Gasteiger partial charge in [0.25, 0.3) is 0 Å². The Labute approximate surface area is 85.6 Å². The lowest BCUT2D eigenvalue weighted by Crippen LogP contribution is -2.33. The van der Waals surface area contributed by atoms with Gasteiger partial charge in [0.15, 0.2) is 0 Å². The summed E-state index contributed by atoms with van der Waals surface area (Å²) in [5, 5.41) is 3.20. The first-order chi connectivity index (χ1) is 6.77. The van der Waals surface area contributed by atoms with E-state index < -0.39 is 0 Å². The average molecular weight is 200 g/mol. The summed E-state index contributed by atoms with van der Waals surface area (Å²) in [6.07, 6.45) is 2.52. The molecule has 1 aliphatic rings. The first kappa shape index (κ1) is 11.5. The fourth-order valence-corrected chi connectivity index (χ4v) is 1.75. The van der Waals surface area contributed by atoms with Crippen molar-refractivity contribution < 1.29 is 9.53 Å². The van der Waals surface area contributed by atoms with Gasteiger partial charge in [-0.15, -0.1) is 0 Å². The third-order valence-electron chi connectivity index (χ3n) is 2.69. The van der Waals surface area contributed by atoms with Crippen molar-refractivity contribution in [3.63, 3.8) is 0 Å². The van der Waals surface area contributed by atoms with Gasteiger partial charge in [0.05, 0.1) is 0 Å². The van der Waals surface area contributed by atoms with Crippen LogP contribution in [0.1, 0.15) is 19.3 Å². The van der Waals surface area contributed by atoms with Crippen LogP contribution in [0, 0.1) is 0 Å². The fourth-order valence-electron chi connectivity index (χ4n) is 1.75. The lowest BCUT2D eigenvalue weighted by molar-refractivity contribution is -0.130. The third kappa shape index (κ3) is 3.27. The van der Waals surface area contributed by atoms with Gasteiger partial charge >= 0.3 is 0 Å². The highest BCUT2D eigenvalue weighted by molar-refractivity contribution is 5.76. The van der Waals surface area contributed by atoms with Crippen LogP contribution >= 0.6 is 0 Å². The monoisotopic (exact) mass is 200 g/mol. The van der Waals surface area contributed by atoms with E-state index in [1.54, 1.807) is 7.11 Å². The quantitative estimate of drug-likeness (QED) is 0.646. The van der Waals surface area contributed by atoms with Gasteiger partial charge in [0, 0.05) is 39.3 Å². The Morgan fingerprint density at radius 3 is 3.00 bits per heavy atom. The molecule has 1 unspecified atom stereocenters. The van der Waals surface area contributed by atoms with Crippen LogP contribution in [0.15, 0.2) is 0 Å². The van der Waals surface area contributed by atoms with Crippen LogP contribution < -0.4 is 5.32 Å². The van der Waals surface area contributed by atoms with Gasteiger partial charge in [-0.2, -0.15) is 0 Å². The lowest BCUT2D eigenvalue weighted by atomic mass is 10.3. The highest BCUT2D eigenvalue weighted by Crippen LogP contribution is 2.10. The van der Waals surface area contributed by atoms with Crippen molar-refractivity contribution in [1.82, 2.24) is 10.2 Å². The van der Waals surface area contributed by atoms with Crippen LogP contribution in [-0.4, -0.2) is 50.7 Å². The molecular formula is C10H20N2O2. The number of likely N-dealkylation sites (tertiary alicyclic amines) is 1. The fraction of sp³-hybridized carbons (Fsp3) is 0.900. The van der Waals surface area contributed by atoms with E-state index >= 15 is 0 Å². The van der Waals surface area contributed by atoms with Crippen molar-refractivity contribution in [1.29, 1.82) is 0 Å². The zero-order chi connectivity index (χ0) is 10.4. The number of nitrogens with zero attached hydrogens (tertiary/aromatic N) is 1. The summed E-state index contributed by atoms with van der Waals surface area (Å²) in [7, 11) is 3.61. The Kier molecular flexibility index (Phi) is 4.90. The maximum Gasteiger partial charge on any atom is 0.222 e. The van der Waals surface area contributed by atoms with Crippen LogP contribution in [-0.2, 0) is 9.53 Å². The summed E-state index contributed by atoms with van der Waals surface area (Å²) in [6.45, 7) is 2.44. The summed E-state index contributed by atoms with van der Waals surface area (Å²) in [4.78, 5) is 13.6. The summed E-state index contributed by atoms with van der Waals surface area (Å²) < 4.78 is 4.91. The van der Waals surface area contributed by atoms with E-state index in [4.69, 9.17) is 4.74 Å². The second kappa shape index (κ2) is 5.98. The standard InChI is InChI=1S/C10H20N2O2/c1-11-9-5-6-12(8-9)10(13)4-3-7-14-2/h9,11H,3-8H2,1-2H3. The van der Waals surface area contributed by atoms with Crippen molar-refractivity contribution in [3.05, 3.63) is 0 Å². The third-order valence-corrected chi connectivity index (χ3v) is 2.69. The molecule has 0 saturated carbocycles. The second-order valence-electron chi connectivity index (χ2n) is 3.71. The topological polar surface area (TPSA) is 41.6 Å². The van der Waals surface area contributed by atoms with E-state index in [1.807, 2.05) is 11.9 Å². The number of carbonyl (C=O) groups is 1. The smallest absolute Gasteiger partial charge is 0.222 e. The number of nitrogens with one attached hydrogen (secondary N) is 1. The van der Waals surface area contributed by atoms with E-state index in [9.17, 15) is 4.79 Å². The number of amides is 1. The van der Waals surface area contributed by atoms with Gasteiger partial charge in [-0.25, -0.2) is 0 Å². The minimum Gasteiger partial charge on any atom is -0.385 e. The lowest BCUT2D eigenvalue weighted by Gasteiger charge is -2.16. The minimum absolute atomic E-state index is 0.264. The maximum atomic E-state index is 11.6. The molecule has 1 amide bonds. The molecule has 1 rings (SSSR count). The van der Waals surface area contributed by atoms with Crippen molar-refractivity contribution in [2.45, 2.75) is 25.3 Å². The zero-order valence-electron chi connectivity index (χ0n) is 9.08. The number of rotatable bonds is 5. The minimum atomic E-state index is 0.264. The predicted molar refractivity (Wildman–Crippen MR) is 55.2 cm³/mol. The molecule has 0 aromatic heterocycles. The Hall–Kier alpha value is -0.610. The van der Waals surface area contributed by atoms with Crippen molar-refractivity contribution >= 4 is 5.91 Å². The molecule has 14 heavy (non-hydrogen) atoms. The van der Waals surface area contributed by atoms with E-state index in [0.29, 0.717) is 19.1 Å². The number of likely N-dealkylation sites (N-methyl/N-ethyl adjacent to an activating group) is 1. The molecule has 0 radical (unpaired) electrons. The van der Waals surface area contributed by atoms with Crippen LogP contribution in [0.4, 0.5) is 0 Å². The molecule has 1 N–H and O–H groups in total. The van der Waals surface area contributed by atoms with Gasteiger partial charge in [-0.3, -0.25) is 4.79 Å². The number of ether oxygens (including phenoxy) is 1. The average Bonchev–Trinajstić information content (AvgIpc) is 2.66. The number of carbonyl (C=O) groups excluding carboxylic acids is 1. The van der Waals surface area contributed by atoms with Crippen LogP contribution in [0.5, 0.6) is 0 Å². The van der Waals surface area contributed by atoms with Gasteiger partial charge in [-0.1, -0.05) is 0 Å². The van der Waals surface area contributed by atoms with E-state index in [0.717, 1.165) is 25.9 Å². The molecular weight excluding hydrogens is 180 g/mol. The molecule has 1 fully saturated rings. The van der Waals surface area contributed by atoms with E-state index in [2.05, 4.69) is 5.32 Å². The summed E-state index contributed by atoms with van der Waals surface area (Å²) in [5.41, 5.74) is 0. The Morgan fingerprint density at radius 1 is 1.64 bits per heavy atom. The van der Waals surface area contributed by atoms with E-state index in [1.165, 1.54) is 0 Å². The number of hydrogen-bond acceptors (Lipinski definition) is 3. The zero-order valence-corrected chi connectivity index (χ0v) is 9.08. The predicted octanol–water partition coefficient (Wildman–Crippen LogP) is 0.233. The summed E-state index contributed by atoms with van der Waals surface area (Å²) in [5.74, 6) is 0.264. The molecule has 1 heterocycles. The molecule has 0 spiro atoms. The van der Waals surface area contributed by atoms with Crippen LogP contribution in [0.2, 0.25) is 0 Å². The number of hydrogen-bond donors (Lipinski definition) is 1.